The number of anilines is 5. The second-order valence-corrected chi connectivity index (χ2v) is 8.36. The van der Waals surface area contributed by atoms with E-state index < -0.39 is 23.2 Å². The van der Waals surface area contributed by atoms with Crippen LogP contribution in [-0.4, -0.2) is 39.7 Å². The molecule has 35 heavy (non-hydrogen) atoms. The van der Waals surface area contributed by atoms with Crippen LogP contribution in [0.4, 0.5) is 33.2 Å². The molecule has 2 amide bonds. The van der Waals surface area contributed by atoms with Gasteiger partial charge < -0.3 is 26.0 Å². The fourth-order valence-corrected chi connectivity index (χ4v) is 3.74. The number of nitrogens with zero attached hydrogens (tertiary/aromatic N) is 2. The molecule has 7 aliphatic rings. The van der Waals surface area contributed by atoms with E-state index in [0.717, 1.165) is 11.8 Å². The molecule has 1 unspecified atom stereocenters. The SMILES string of the molecule is CC12Oc3ccc(cc3NC1=O)Nc1nc(ncc1F)Nc1ccc(cc1)CC(=O)CCNC2=O. The molecule has 178 valence electrons. The van der Waals surface area contributed by atoms with Crippen LogP contribution in [0.2, 0.25) is 0 Å². The molecule has 10 rings (SSSR count). The Bertz CT molecular complexity index is 1350. The largest absolute Gasteiger partial charge is 0.466 e. The number of hydrogen-bond acceptors (Lipinski definition) is 8. The third-order valence-electron chi connectivity index (χ3n) is 5.72. The highest BCUT2D eigenvalue weighted by Gasteiger charge is 2.47. The maximum absolute atomic E-state index is 14.4. The van der Waals surface area contributed by atoms with E-state index >= 15 is 0 Å². The van der Waals surface area contributed by atoms with Gasteiger partial charge in [-0.05, 0) is 42.8 Å². The molecular weight excluding hydrogens is 455 g/mol. The summed E-state index contributed by atoms with van der Waals surface area (Å²) in [6.07, 6.45) is 1.32. The topological polar surface area (TPSA) is 134 Å². The van der Waals surface area contributed by atoms with Gasteiger partial charge in [-0.15, -0.1) is 0 Å². The van der Waals surface area contributed by atoms with Gasteiger partial charge in [0.05, 0.1) is 11.9 Å². The standard InChI is InChI=1S/C24H21FN6O4/c1-24-21(33)26-9-8-16(32)10-13-2-4-14(5-3-13)29-23-27-12-17(25)20(31-23)28-15-6-7-19(35-24)18(11-15)30-22(24)34/h2-7,11-12H,8-10H2,1H3,(H,26,33)(H,30,34)(H2,27,28,29,31). The number of Topliss-reactive ketones (excluding diaryl/α,β-unsaturated/α-hetero) is 1. The Morgan fingerprint density at radius 2 is 1.74 bits per heavy atom. The first-order valence-electron chi connectivity index (χ1n) is 10.9. The zero-order chi connectivity index (χ0) is 24.6. The van der Waals surface area contributed by atoms with E-state index in [1.165, 1.54) is 6.92 Å². The summed E-state index contributed by atoms with van der Waals surface area (Å²) >= 11 is 0. The van der Waals surface area contributed by atoms with Crippen molar-refractivity contribution in [1.29, 1.82) is 0 Å². The highest BCUT2D eigenvalue weighted by molar-refractivity contribution is 6.15. The summed E-state index contributed by atoms with van der Waals surface area (Å²) in [7, 11) is 0. The van der Waals surface area contributed by atoms with Gasteiger partial charge in [0.25, 0.3) is 17.4 Å². The third kappa shape index (κ3) is 4.47. The number of carbonyl (C=O) groups excluding carboxylic acids is 3. The lowest BCUT2D eigenvalue weighted by Gasteiger charge is -2.33. The monoisotopic (exact) mass is 476 g/mol. The fraction of sp³-hybridized carbons (Fsp3) is 0.208. The minimum atomic E-state index is -1.82. The number of rotatable bonds is 0. The summed E-state index contributed by atoms with van der Waals surface area (Å²) < 4.78 is 20.2. The van der Waals surface area contributed by atoms with Crippen LogP contribution in [-0.2, 0) is 20.8 Å². The van der Waals surface area contributed by atoms with Crippen molar-refractivity contribution in [2.75, 3.05) is 22.5 Å². The van der Waals surface area contributed by atoms with E-state index in [1.807, 2.05) is 0 Å². The summed E-state index contributed by atoms with van der Waals surface area (Å²) in [6.45, 7) is 1.42. The molecule has 4 N–H and O–H groups in total. The molecule has 0 saturated carbocycles. The van der Waals surface area contributed by atoms with E-state index in [2.05, 4.69) is 31.2 Å². The second-order valence-electron chi connectivity index (χ2n) is 8.36. The maximum Gasteiger partial charge on any atom is 0.278 e. The number of hydrogen-bond donors (Lipinski definition) is 4. The number of amides is 2. The average molecular weight is 476 g/mol. The second kappa shape index (κ2) is 8.67. The smallest absolute Gasteiger partial charge is 0.278 e. The zero-order valence-corrected chi connectivity index (χ0v) is 18.6. The molecule has 0 fully saturated rings. The number of carbonyl (C=O) groups is 3. The van der Waals surface area contributed by atoms with Crippen LogP contribution in [0.5, 0.6) is 5.75 Å². The fourth-order valence-electron chi connectivity index (χ4n) is 3.74. The molecule has 0 saturated heterocycles. The van der Waals surface area contributed by atoms with Crippen molar-refractivity contribution in [3.8, 4) is 5.75 Å². The average Bonchev–Trinajstić information content (AvgIpc) is 2.83. The van der Waals surface area contributed by atoms with E-state index in [4.69, 9.17) is 4.74 Å². The number of halogens is 1. The van der Waals surface area contributed by atoms with E-state index in [-0.39, 0.29) is 42.7 Å². The van der Waals surface area contributed by atoms with Crippen molar-refractivity contribution in [1.82, 2.24) is 15.3 Å². The molecule has 0 aliphatic carbocycles. The van der Waals surface area contributed by atoms with E-state index in [0.29, 0.717) is 17.1 Å². The van der Waals surface area contributed by atoms with E-state index in [1.54, 1.807) is 42.5 Å². The van der Waals surface area contributed by atoms with Crippen LogP contribution < -0.4 is 26.0 Å². The van der Waals surface area contributed by atoms with Crippen LogP contribution >= 0.6 is 0 Å². The molecule has 1 aromatic heterocycles. The van der Waals surface area contributed by atoms with Crippen LogP contribution in [0.1, 0.15) is 18.9 Å². The van der Waals surface area contributed by atoms with Gasteiger partial charge in [0, 0.05) is 30.8 Å². The molecule has 8 bridgehead atoms. The van der Waals surface area contributed by atoms with Crippen molar-refractivity contribution >= 4 is 46.4 Å². The minimum absolute atomic E-state index is 0.0672. The van der Waals surface area contributed by atoms with Crippen molar-refractivity contribution in [2.24, 2.45) is 0 Å². The van der Waals surface area contributed by atoms with Crippen molar-refractivity contribution in [3.05, 3.63) is 60.0 Å². The van der Waals surface area contributed by atoms with Crippen LogP contribution in [0, 0.1) is 5.82 Å². The van der Waals surface area contributed by atoms with Gasteiger partial charge in [0.1, 0.15) is 11.5 Å². The van der Waals surface area contributed by atoms with Gasteiger partial charge >= 0.3 is 0 Å². The van der Waals surface area contributed by atoms with Gasteiger partial charge in [-0.25, -0.2) is 9.37 Å². The van der Waals surface area contributed by atoms with Gasteiger partial charge in [0.15, 0.2) is 11.6 Å². The number of ether oxygens (including phenoxy) is 1. The number of ketones is 1. The Morgan fingerprint density at radius 3 is 2.54 bits per heavy atom. The van der Waals surface area contributed by atoms with Gasteiger partial charge in [-0.3, -0.25) is 14.4 Å². The highest BCUT2D eigenvalue weighted by atomic mass is 19.1. The lowest BCUT2D eigenvalue weighted by Crippen LogP contribution is -2.58. The summed E-state index contributed by atoms with van der Waals surface area (Å²) in [5.74, 6) is -1.73. The van der Waals surface area contributed by atoms with Gasteiger partial charge in [-0.2, -0.15) is 4.98 Å². The first-order valence-corrected chi connectivity index (χ1v) is 10.9. The predicted molar refractivity (Wildman–Crippen MR) is 125 cm³/mol. The van der Waals surface area contributed by atoms with Crippen LogP contribution in [0.3, 0.4) is 0 Å². The lowest BCUT2D eigenvalue weighted by molar-refractivity contribution is -0.146. The van der Waals surface area contributed by atoms with Gasteiger partial charge in [-0.1, -0.05) is 12.1 Å². The van der Waals surface area contributed by atoms with Crippen molar-refractivity contribution in [2.45, 2.75) is 25.4 Å². The van der Waals surface area contributed by atoms with Crippen LogP contribution in [0.15, 0.2) is 48.7 Å². The van der Waals surface area contributed by atoms with E-state index in [9.17, 15) is 18.8 Å². The Kier molecular flexibility index (Phi) is 5.51. The quantitative estimate of drug-likeness (QED) is 0.364. The molecule has 2 aromatic carbocycles. The summed E-state index contributed by atoms with van der Waals surface area (Å²) in [6, 6.07) is 11.8. The van der Waals surface area contributed by atoms with Gasteiger partial charge in [0.2, 0.25) is 5.95 Å². The highest BCUT2D eigenvalue weighted by Crippen LogP contribution is 2.36. The first-order chi connectivity index (χ1) is 16.8. The molecule has 1 atom stereocenters. The molecule has 11 heteroatoms. The van der Waals surface area contributed by atoms with Crippen LogP contribution in [0.25, 0.3) is 0 Å². The van der Waals surface area contributed by atoms with Crippen molar-refractivity contribution in [3.63, 3.8) is 0 Å². The molecule has 0 spiro atoms. The Morgan fingerprint density at radius 1 is 0.971 bits per heavy atom. The molecule has 10 nitrogen and oxygen atoms in total. The molecular formula is C24H21FN6O4. The number of benzene rings is 2. The molecule has 7 aliphatic heterocycles. The minimum Gasteiger partial charge on any atom is -0.466 e. The Labute approximate surface area is 199 Å². The summed E-state index contributed by atoms with van der Waals surface area (Å²) in [4.78, 5) is 46.1. The lowest BCUT2D eigenvalue weighted by atomic mass is 10.0. The van der Waals surface area contributed by atoms with Crippen molar-refractivity contribution < 1.29 is 23.5 Å². The summed E-state index contributed by atoms with van der Waals surface area (Å²) in [5, 5.41) is 11.1. The first kappa shape index (κ1) is 22.3. The zero-order valence-electron chi connectivity index (χ0n) is 18.6. The molecule has 8 heterocycles. The summed E-state index contributed by atoms with van der Waals surface area (Å²) in [5.41, 5.74) is 0.362. The number of nitrogens with one attached hydrogen (secondary N) is 4. The number of aromatic nitrogens is 2. The predicted octanol–water partition coefficient (Wildman–Crippen LogP) is 2.82. The maximum atomic E-state index is 14.4. The molecule has 3 aromatic rings. The Hall–Kier alpha value is -4.54. The third-order valence-corrected chi connectivity index (χ3v) is 5.72. The molecule has 0 radical (unpaired) electrons. The Balaban J connectivity index is 1.51. The normalized spacial score (nSPS) is 19.7.